The van der Waals surface area contributed by atoms with Crippen LogP contribution in [-0.2, 0) is 4.79 Å². The third kappa shape index (κ3) is 3.30. The average Bonchev–Trinajstić information content (AvgIpc) is 3.08. The van der Waals surface area contributed by atoms with Crippen molar-refractivity contribution >= 4 is 29.3 Å². The fourth-order valence-electron chi connectivity index (χ4n) is 3.79. The first-order valence-corrected chi connectivity index (χ1v) is 10.2. The van der Waals surface area contributed by atoms with Gasteiger partial charge in [0.1, 0.15) is 11.8 Å². The Morgan fingerprint density at radius 1 is 1.15 bits per heavy atom. The van der Waals surface area contributed by atoms with Crippen molar-refractivity contribution in [3.63, 3.8) is 0 Å². The van der Waals surface area contributed by atoms with Gasteiger partial charge in [-0.3, -0.25) is 9.59 Å². The number of nitrogens with zero attached hydrogens (tertiary/aromatic N) is 1. The number of benzene rings is 2. The molecule has 1 fully saturated rings. The Kier molecular flexibility index (Phi) is 4.83. The second kappa shape index (κ2) is 7.27. The molecule has 4 rings (SSSR count). The van der Waals surface area contributed by atoms with Crippen LogP contribution in [0.2, 0.25) is 0 Å². The average molecular weight is 382 g/mol. The van der Waals surface area contributed by atoms with Crippen LogP contribution in [0, 0.1) is 0 Å². The standard InChI is InChI=1S/C21H22N2O3S/c1-3-27-16-11-19-20(24)22-18-9-6-14(10-17(18)21(25)23(19)12-16)13-4-7-15(26-2)8-5-13/h4-10,16,19H,3,11-12H2,1-2H3,(H,22,24). The van der Waals surface area contributed by atoms with Gasteiger partial charge >= 0.3 is 0 Å². The van der Waals surface area contributed by atoms with Crippen molar-refractivity contribution in [2.24, 2.45) is 0 Å². The SMILES string of the molecule is CCSC1CC2C(=O)Nc3ccc(-c4ccc(OC)cc4)cc3C(=O)N2C1. The highest BCUT2D eigenvalue weighted by molar-refractivity contribution is 7.99. The Bertz CT molecular complexity index is 881. The number of anilines is 1. The van der Waals surface area contributed by atoms with E-state index in [1.54, 1.807) is 12.0 Å². The van der Waals surface area contributed by atoms with Crippen molar-refractivity contribution in [1.82, 2.24) is 4.90 Å². The lowest BCUT2D eigenvalue weighted by atomic mass is 10.0. The fraction of sp³-hybridized carbons (Fsp3) is 0.333. The molecule has 140 valence electrons. The third-order valence-corrected chi connectivity index (χ3v) is 6.31. The monoisotopic (exact) mass is 382 g/mol. The molecule has 0 saturated carbocycles. The minimum absolute atomic E-state index is 0.0667. The molecule has 1 N–H and O–H groups in total. The van der Waals surface area contributed by atoms with Crippen molar-refractivity contribution < 1.29 is 14.3 Å². The summed E-state index contributed by atoms with van der Waals surface area (Å²) in [5.41, 5.74) is 3.09. The fourth-order valence-corrected chi connectivity index (χ4v) is 4.85. The van der Waals surface area contributed by atoms with E-state index in [1.165, 1.54) is 0 Å². The van der Waals surface area contributed by atoms with Crippen molar-refractivity contribution in [1.29, 1.82) is 0 Å². The maximum atomic E-state index is 13.2. The molecule has 1 saturated heterocycles. The molecule has 27 heavy (non-hydrogen) atoms. The predicted octanol–water partition coefficient (Wildman–Crippen LogP) is 3.65. The summed E-state index contributed by atoms with van der Waals surface area (Å²) in [6.07, 6.45) is 0.718. The molecule has 2 heterocycles. The van der Waals surface area contributed by atoms with Crippen LogP contribution in [0.1, 0.15) is 23.7 Å². The van der Waals surface area contributed by atoms with Gasteiger partial charge in [-0.05, 0) is 47.6 Å². The quantitative estimate of drug-likeness (QED) is 0.877. The first kappa shape index (κ1) is 17.9. The van der Waals surface area contributed by atoms with E-state index in [4.69, 9.17) is 4.74 Å². The Morgan fingerprint density at radius 3 is 2.59 bits per heavy atom. The first-order valence-electron chi connectivity index (χ1n) is 9.12. The van der Waals surface area contributed by atoms with E-state index in [0.29, 0.717) is 23.0 Å². The summed E-state index contributed by atoms with van der Waals surface area (Å²) in [5.74, 6) is 1.62. The molecule has 2 aromatic rings. The van der Waals surface area contributed by atoms with Gasteiger partial charge in [-0.15, -0.1) is 0 Å². The lowest BCUT2D eigenvalue weighted by Gasteiger charge is -2.20. The maximum Gasteiger partial charge on any atom is 0.256 e. The van der Waals surface area contributed by atoms with E-state index in [2.05, 4.69) is 12.2 Å². The molecule has 2 unspecified atom stereocenters. The molecule has 2 aliphatic rings. The number of rotatable bonds is 4. The van der Waals surface area contributed by atoms with Gasteiger partial charge in [0.25, 0.3) is 5.91 Å². The smallest absolute Gasteiger partial charge is 0.256 e. The summed E-state index contributed by atoms with van der Waals surface area (Å²) in [7, 11) is 1.63. The van der Waals surface area contributed by atoms with E-state index in [-0.39, 0.29) is 17.9 Å². The number of fused-ring (bicyclic) bond motifs is 2. The van der Waals surface area contributed by atoms with Crippen molar-refractivity contribution in [3.8, 4) is 16.9 Å². The Labute approximate surface area is 163 Å². The topological polar surface area (TPSA) is 58.6 Å². The van der Waals surface area contributed by atoms with Gasteiger partial charge in [0.2, 0.25) is 5.91 Å². The molecule has 2 atom stereocenters. The molecule has 5 nitrogen and oxygen atoms in total. The lowest BCUT2D eigenvalue weighted by Crippen LogP contribution is -2.40. The number of carbonyl (C=O) groups is 2. The van der Waals surface area contributed by atoms with Gasteiger partial charge in [-0.25, -0.2) is 0 Å². The van der Waals surface area contributed by atoms with Crippen LogP contribution in [0.15, 0.2) is 42.5 Å². The number of thioether (sulfide) groups is 1. The molecule has 0 radical (unpaired) electrons. The van der Waals surface area contributed by atoms with E-state index in [9.17, 15) is 9.59 Å². The summed E-state index contributed by atoms with van der Waals surface area (Å²) in [6.45, 7) is 2.73. The maximum absolute atomic E-state index is 13.2. The Hall–Kier alpha value is -2.47. The minimum Gasteiger partial charge on any atom is -0.497 e. The van der Waals surface area contributed by atoms with E-state index in [0.717, 1.165) is 29.1 Å². The van der Waals surface area contributed by atoms with Crippen molar-refractivity contribution in [3.05, 3.63) is 48.0 Å². The molecule has 6 heteroatoms. The molecule has 2 aliphatic heterocycles. The zero-order valence-electron chi connectivity index (χ0n) is 15.4. The molecule has 0 bridgehead atoms. The van der Waals surface area contributed by atoms with Crippen LogP contribution in [0.3, 0.4) is 0 Å². The number of hydrogen-bond donors (Lipinski definition) is 1. The van der Waals surface area contributed by atoms with Crippen LogP contribution in [0.5, 0.6) is 5.75 Å². The second-order valence-corrected chi connectivity index (χ2v) is 8.34. The van der Waals surface area contributed by atoms with Gasteiger partial charge in [0, 0.05) is 11.8 Å². The van der Waals surface area contributed by atoms with Crippen LogP contribution >= 0.6 is 11.8 Å². The summed E-state index contributed by atoms with van der Waals surface area (Å²) >= 11 is 1.81. The van der Waals surface area contributed by atoms with E-state index in [1.807, 2.05) is 54.2 Å². The van der Waals surface area contributed by atoms with Crippen molar-refractivity contribution in [2.45, 2.75) is 24.6 Å². The Morgan fingerprint density at radius 2 is 1.89 bits per heavy atom. The van der Waals surface area contributed by atoms with Crippen molar-refractivity contribution in [2.75, 3.05) is 24.7 Å². The molecule has 0 aromatic heterocycles. The molecular formula is C21H22N2O3S. The number of amides is 2. The summed E-state index contributed by atoms with van der Waals surface area (Å²) in [4.78, 5) is 27.6. The lowest BCUT2D eigenvalue weighted by molar-refractivity contribution is -0.119. The highest BCUT2D eigenvalue weighted by Gasteiger charge is 2.42. The molecular weight excluding hydrogens is 360 g/mol. The summed E-state index contributed by atoms with van der Waals surface area (Å²) < 4.78 is 5.21. The highest BCUT2D eigenvalue weighted by atomic mass is 32.2. The summed E-state index contributed by atoms with van der Waals surface area (Å²) in [5, 5.41) is 3.27. The van der Waals surface area contributed by atoms with Gasteiger partial charge in [-0.2, -0.15) is 11.8 Å². The summed E-state index contributed by atoms with van der Waals surface area (Å²) in [6, 6.07) is 13.0. The zero-order chi connectivity index (χ0) is 19.0. The molecule has 0 spiro atoms. The van der Waals surface area contributed by atoms with Gasteiger partial charge < -0.3 is 15.0 Å². The number of nitrogens with one attached hydrogen (secondary N) is 1. The number of methoxy groups -OCH3 is 1. The number of carbonyl (C=O) groups excluding carboxylic acids is 2. The minimum atomic E-state index is -0.376. The van der Waals surface area contributed by atoms with E-state index >= 15 is 0 Å². The molecule has 2 aromatic carbocycles. The zero-order valence-corrected chi connectivity index (χ0v) is 16.2. The molecule has 2 amide bonds. The van der Waals surface area contributed by atoms with Crippen LogP contribution in [0.25, 0.3) is 11.1 Å². The van der Waals surface area contributed by atoms with Gasteiger partial charge in [0.05, 0.1) is 18.4 Å². The molecule has 0 aliphatic carbocycles. The predicted molar refractivity (Wildman–Crippen MR) is 108 cm³/mol. The number of ether oxygens (including phenoxy) is 1. The largest absolute Gasteiger partial charge is 0.497 e. The number of hydrogen-bond acceptors (Lipinski definition) is 4. The highest BCUT2D eigenvalue weighted by Crippen LogP contribution is 2.35. The van der Waals surface area contributed by atoms with Crippen LogP contribution < -0.4 is 10.1 Å². The normalized spacial score (nSPS) is 21.3. The van der Waals surface area contributed by atoms with Gasteiger partial charge in [0.15, 0.2) is 0 Å². The second-order valence-electron chi connectivity index (χ2n) is 6.76. The van der Waals surface area contributed by atoms with E-state index < -0.39 is 0 Å². The van der Waals surface area contributed by atoms with Crippen LogP contribution in [0.4, 0.5) is 5.69 Å². The van der Waals surface area contributed by atoms with Gasteiger partial charge in [-0.1, -0.05) is 25.1 Å². The van der Waals surface area contributed by atoms with Crippen LogP contribution in [-0.4, -0.2) is 47.4 Å². The first-order chi connectivity index (χ1) is 13.1. The Balaban J connectivity index is 1.68. The third-order valence-electron chi connectivity index (χ3n) is 5.16.